The molecule has 0 aliphatic heterocycles. The number of hydrogen-bond acceptors (Lipinski definition) is 3. The van der Waals surface area contributed by atoms with Gasteiger partial charge in [0.25, 0.3) is 0 Å². The predicted molar refractivity (Wildman–Crippen MR) is 191 cm³/mol. The van der Waals surface area contributed by atoms with Crippen LogP contribution in [0, 0.1) is 0 Å². The van der Waals surface area contributed by atoms with E-state index in [9.17, 15) is 26.1 Å². The fourth-order valence-corrected chi connectivity index (χ4v) is 8.71. The summed E-state index contributed by atoms with van der Waals surface area (Å²) in [4.78, 5) is 3.96. The van der Waals surface area contributed by atoms with Crippen LogP contribution in [0.1, 0.15) is 101 Å². The summed E-state index contributed by atoms with van der Waals surface area (Å²) in [5.74, 6) is 0. The Kier molecular flexibility index (Phi) is 16.2. The highest BCUT2D eigenvalue weighted by Crippen LogP contribution is 2.38. The molecule has 0 heterocycles. The molecule has 0 saturated heterocycles. The Bertz CT molecular complexity index is 1510. The lowest BCUT2D eigenvalue weighted by Gasteiger charge is -2.17. The van der Waals surface area contributed by atoms with Gasteiger partial charge in [-0.3, -0.25) is 0 Å². The molecule has 4 aromatic carbocycles. The molecule has 3 nitrogen and oxygen atoms in total. The number of benzene rings is 4. The average Bonchev–Trinajstić information content (AvgIpc) is 3.07. The van der Waals surface area contributed by atoms with Crippen molar-refractivity contribution < 1.29 is 26.1 Å². The van der Waals surface area contributed by atoms with E-state index in [-0.39, 0.29) is 10.9 Å². The molecule has 0 aliphatic carbocycles. The van der Waals surface area contributed by atoms with Crippen molar-refractivity contribution in [3.63, 3.8) is 0 Å². The maximum absolute atomic E-state index is 12.0. The van der Waals surface area contributed by atoms with Crippen molar-refractivity contribution in [2.75, 3.05) is 0 Å². The predicted octanol–water partition coefficient (Wildman–Crippen LogP) is 11.6. The average molecular weight is 699 g/mol. The fraction of sp³-hybridized carbons (Fsp3) is 0.400. The van der Waals surface area contributed by atoms with Crippen LogP contribution in [0.5, 0.6) is 0 Å². The lowest BCUT2D eigenvalue weighted by atomic mass is 10.1. The van der Waals surface area contributed by atoms with Crippen molar-refractivity contribution in [2.24, 2.45) is 0 Å². The lowest BCUT2D eigenvalue weighted by Crippen LogP contribution is -2.13. The molecule has 0 aliphatic rings. The second kappa shape index (κ2) is 19.8. The number of alkyl halides is 3. The zero-order valence-electron chi connectivity index (χ0n) is 28.4. The Morgan fingerprint density at radius 2 is 0.875 bits per heavy atom. The van der Waals surface area contributed by atoms with E-state index in [2.05, 4.69) is 93.6 Å². The zero-order chi connectivity index (χ0) is 35.0. The first kappa shape index (κ1) is 39.4. The zero-order valence-corrected chi connectivity index (χ0v) is 30.0. The minimum atomic E-state index is -4.68. The Hall–Kier alpha value is -3.07. The summed E-state index contributed by atoms with van der Waals surface area (Å²) in [5, 5.41) is 0. The summed E-state index contributed by atoms with van der Waals surface area (Å²) < 4.78 is 67.0. The molecule has 0 aromatic heterocycles. The summed E-state index contributed by atoms with van der Waals surface area (Å²) in [6.45, 7) is 6.90. The Balaban J connectivity index is 0.000000373. The molecule has 0 amide bonds. The van der Waals surface area contributed by atoms with E-state index in [1.54, 1.807) is 31.4 Å². The van der Waals surface area contributed by atoms with Crippen LogP contribution in [0.15, 0.2) is 117 Å². The third kappa shape index (κ3) is 12.1. The highest BCUT2D eigenvalue weighted by Gasteiger charge is 2.35. The normalized spacial score (nSPS) is 11.8. The van der Waals surface area contributed by atoms with Crippen molar-refractivity contribution in [2.45, 2.75) is 124 Å². The van der Waals surface area contributed by atoms with Gasteiger partial charge >= 0.3 is 6.18 Å². The van der Waals surface area contributed by atoms with Gasteiger partial charge in [-0.15, -0.1) is 0 Å². The van der Waals surface area contributed by atoms with E-state index in [4.69, 9.17) is 0 Å². The van der Waals surface area contributed by atoms with Crippen LogP contribution in [-0.2, 0) is 46.5 Å². The van der Waals surface area contributed by atoms with Crippen LogP contribution in [-0.4, -0.2) is 13.0 Å². The van der Waals surface area contributed by atoms with Gasteiger partial charge in [-0.1, -0.05) is 114 Å². The Labute approximate surface area is 289 Å². The van der Waals surface area contributed by atoms with Crippen LogP contribution in [0.3, 0.4) is 0 Å². The molecular formula is C40H49F3O3S2. The summed E-state index contributed by atoms with van der Waals surface area (Å²) in [7, 11) is -4.75. The van der Waals surface area contributed by atoms with Crippen molar-refractivity contribution in [3.8, 4) is 0 Å². The van der Waals surface area contributed by atoms with Gasteiger partial charge in [-0.2, -0.15) is 13.2 Å². The minimum Gasteiger partial charge on any atom is -0.744 e. The van der Waals surface area contributed by atoms with Crippen molar-refractivity contribution in [1.29, 1.82) is 0 Å². The summed E-state index contributed by atoms with van der Waals surface area (Å²) in [6.07, 6.45) is 10.6. The smallest absolute Gasteiger partial charge is 0.416 e. The van der Waals surface area contributed by atoms with Crippen LogP contribution < -0.4 is 0 Å². The molecule has 0 N–H and O–H groups in total. The third-order valence-corrected chi connectivity index (χ3v) is 11.6. The van der Waals surface area contributed by atoms with Gasteiger partial charge in [0, 0.05) is 16.7 Å². The van der Waals surface area contributed by atoms with Crippen LogP contribution >= 0.6 is 0 Å². The van der Waals surface area contributed by atoms with Crippen molar-refractivity contribution in [3.05, 3.63) is 119 Å². The standard InChI is InChI=1S/C33H45S.C7H5F3O3S/c1-4-7-10-19-28-22-13-16-25-31(28)34(32-26-17-14-23-29(32)20-11-8-5-2)33-27-18-15-24-30(33)21-12-9-6-3;8-7(9,10)5-1-3-6(4-2-5)14(11,12)13/h13-18,22-27H,4-12,19-21H2,1-3H3;1-4H,(H,11,12,13)/q+1;/p-1. The highest BCUT2D eigenvalue weighted by molar-refractivity contribution is 7.97. The van der Waals surface area contributed by atoms with Crippen LogP contribution in [0.2, 0.25) is 0 Å². The molecule has 0 radical (unpaired) electrons. The first-order valence-corrected chi connectivity index (χ1v) is 19.8. The SMILES string of the molecule is CCCCCc1ccccc1[S+](c1ccccc1CCCCC)c1ccccc1CCCCC.O=S(=O)([O-])c1ccc(C(F)(F)F)cc1. The van der Waals surface area contributed by atoms with Gasteiger partial charge in [-0.05, 0) is 81.0 Å². The topological polar surface area (TPSA) is 57.2 Å². The molecular weight excluding hydrogens is 650 g/mol. The van der Waals surface area contributed by atoms with Gasteiger partial charge in [0.2, 0.25) is 0 Å². The van der Waals surface area contributed by atoms with E-state index in [0.29, 0.717) is 24.3 Å². The maximum Gasteiger partial charge on any atom is 0.416 e. The molecule has 0 unspecified atom stereocenters. The second-order valence-corrected chi connectivity index (χ2v) is 15.3. The second-order valence-electron chi connectivity index (χ2n) is 12.0. The molecule has 48 heavy (non-hydrogen) atoms. The number of aryl methyl sites for hydroxylation is 3. The molecule has 4 rings (SSSR count). The molecule has 0 saturated carbocycles. The summed E-state index contributed by atoms with van der Waals surface area (Å²) >= 11 is 0. The number of rotatable bonds is 16. The molecule has 0 spiro atoms. The number of unbranched alkanes of at least 4 members (excludes halogenated alkanes) is 6. The minimum absolute atomic E-state index is 0.0655. The van der Waals surface area contributed by atoms with E-state index >= 15 is 0 Å². The van der Waals surface area contributed by atoms with E-state index in [0.717, 1.165) is 0 Å². The van der Waals surface area contributed by atoms with E-state index in [1.165, 1.54) is 77.0 Å². The lowest BCUT2D eigenvalue weighted by molar-refractivity contribution is -0.137. The van der Waals surface area contributed by atoms with Gasteiger partial charge in [-0.25, -0.2) is 8.42 Å². The maximum atomic E-state index is 12.0. The molecule has 8 heteroatoms. The first-order valence-electron chi connectivity index (χ1n) is 17.1. The fourth-order valence-electron chi connectivity index (χ4n) is 5.59. The molecule has 260 valence electrons. The van der Waals surface area contributed by atoms with E-state index < -0.39 is 26.8 Å². The molecule has 4 aromatic rings. The monoisotopic (exact) mass is 698 g/mol. The quantitative estimate of drug-likeness (QED) is 0.0665. The van der Waals surface area contributed by atoms with Crippen LogP contribution in [0.4, 0.5) is 13.2 Å². The third-order valence-electron chi connectivity index (χ3n) is 8.20. The van der Waals surface area contributed by atoms with Gasteiger partial charge < -0.3 is 4.55 Å². The molecule has 0 atom stereocenters. The van der Waals surface area contributed by atoms with Crippen molar-refractivity contribution in [1.82, 2.24) is 0 Å². The highest BCUT2D eigenvalue weighted by atomic mass is 32.2. The van der Waals surface area contributed by atoms with Gasteiger partial charge in [0.1, 0.15) is 21.0 Å². The first-order chi connectivity index (χ1) is 23.0. The van der Waals surface area contributed by atoms with Crippen LogP contribution in [0.25, 0.3) is 0 Å². The Morgan fingerprint density at radius 3 is 1.17 bits per heavy atom. The number of hydrogen-bond donors (Lipinski definition) is 0. The molecule has 0 fully saturated rings. The molecule has 0 bridgehead atoms. The van der Waals surface area contributed by atoms with Gasteiger partial charge in [0.05, 0.1) is 10.5 Å². The largest absolute Gasteiger partial charge is 0.744 e. The van der Waals surface area contributed by atoms with Gasteiger partial charge in [0.15, 0.2) is 14.7 Å². The number of halogens is 3. The van der Waals surface area contributed by atoms with Crippen molar-refractivity contribution >= 4 is 21.0 Å². The summed E-state index contributed by atoms with van der Waals surface area (Å²) in [5.41, 5.74) is 3.65. The summed E-state index contributed by atoms with van der Waals surface area (Å²) in [6, 6.07) is 30.3. The Morgan fingerprint density at radius 1 is 0.542 bits per heavy atom. The van der Waals surface area contributed by atoms with E-state index in [1.807, 2.05) is 0 Å².